The van der Waals surface area contributed by atoms with Gasteiger partial charge in [0.15, 0.2) is 0 Å². The molecule has 5 nitrogen and oxygen atoms in total. The molecule has 25 heavy (non-hydrogen) atoms. The Morgan fingerprint density at radius 3 is 2.32 bits per heavy atom. The average Bonchev–Trinajstić information content (AvgIpc) is 2.61. The highest BCUT2D eigenvalue weighted by atomic mass is 32.2. The Morgan fingerprint density at radius 2 is 1.68 bits per heavy atom. The van der Waals surface area contributed by atoms with Crippen LogP contribution in [0.15, 0.2) is 53.4 Å². The van der Waals surface area contributed by atoms with Crippen LogP contribution in [0.3, 0.4) is 0 Å². The van der Waals surface area contributed by atoms with Crippen molar-refractivity contribution < 1.29 is 13.2 Å². The van der Waals surface area contributed by atoms with Gasteiger partial charge in [-0.2, -0.15) is 0 Å². The van der Waals surface area contributed by atoms with E-state index in [4.69, 9.17) is 0 Å². The molecular formula is C19H24N2O3S. The van der Waals surface area contributed by atoms with Gasteiger partial charge in [-0.05, 0) is 42.2 Å². The van der Waals surface area contributed by atoms with Crippen LogP contribution in [0.2, 0.25) is 0 Å². The molecule has 1 amide bonds. The lowest BCUT2D eigenvalue weighted by molar-refractivity contribution is -0.116. The summed E-state index contributed by atoms with van der Waals surface area (Å²) in [5.74, 6) is -0.0507. The van der Waals surface area contributed by atoms with E-state index in [1.54, 1.807) is 31.2 Å². The molecule has 0 heterocycles. The molecule has 0 aliphatic heterocycles. The summed E-state index contributed by atoms with van der Waals surface area (Å²) in [4.78, 5) is 12.4. The average molecular weight is 360 g/mol. The fourth-order valence-corrected chi connectivity index (χ4v) is 3.57. The lowest BCUT2D eigenvalue weighted by Gasteiger charge is -2.10. The van der Waals surface area contributed by atoms with Crippen molar-refractivity contribution in [1.29, 1.82) is 0 Å². The first-order chi connectivity index (χ1) is 12.0. The van der Waals surface area contributed by atoms with Crippen molar-refractivity contribution in [3.63, 3.8) is 0 Å². The number of sulfonamides is 1. The normalized spacial score (nSPS) is 11.3. The van der Waals surface area contributed by atoms with E-state index in [1.165, 1.54) is 0 Å². The monoisotopic (exact) mass is 360 g/mol. The van der Waals surface area contributed by atoms with Crippen LogP contribution in [0.1, 0.15) is 31.4 Å². The quantitative estimate of drug-likeness (QED) is 0.759. The van der Waals surface area contributed by atoms with Gasteiger partial charge >= 0.3 is 0 Å². The number of rotatable bonds is 8. The Kier molecular flexibility index (Phi) is 6.73. The van der Waals surface area contributed by atoms with E-state index in [-0.39, 0.29) is 10.8 Å². The number of nitrogens with one attached hydrogen (secondary N) is 2. The predicted octanol–water partition coefficient (Wildman–Crippen LogP) is 3.12. The first-order valence-electron chi connectivity index (χ1n) is 8.42. The molecule has 0 bridgehead atoms. The zero-order valence-corrected chi connectivity index (χ0v) is 15.4. The number of carbonyl (C=O) groups excluding carboxylic acids is 1. The molecule has 0 spiro atoms. The van der Waals surface area contributed by atoms with Crippen LogP contribution in [0.4, 0.5) is 5.69 Å². The Hall–Kier alpha value is -2.18. The molecule has 2 N–H and O–H groups in total. The predicted molar refractivity (Wildman–Crippen MR) is 100 cm³/mol. The second-order valence-electron chi connectivity index (χ2n) is 5.70. The number of hydrogen-bond donors (Lipinski definition) is 2. The number of carbonyl (C=O) groups is 1. The summed E-state index contributed by atoms with van der Waals surface area (Å²) in [7, 11) is -3.44. The third-order valence-corrected chi connectivity index (χ3v) is 5.44. The zero-order chi connectivity index (χ0) is 18.3. The van der Waals surface area contributed by atoms with Gasteiger partial charge in [0.2, 0.25) is 15.9 Å². The fraction of sp³-hybridized carbons (Fsp3) is 0.316. The minimum Gasteiger partial charge on any atom is -0.326 e. The molecule has 6 heteroatoms. The summed E-state index contributed by atoms with van der Waals surface area (Å²) in [6.45, 7) is 4.14. The van der Waals surface area contributed by atoms with Crippen molar-refractivity contribution in [1.82, 2.24) is 4.72 Å². The van der Waals surface area contributed by atoms with Gasteiger partial charge in [0.1, 0.15) is 0 Å². The summed E-state index contributed by atoms with van der Waals surface area (Å²) in [5.41, 5.74) is 2.88. The number of para-hydroxylation sites is 1. The molecule has 2 rings (SSSR count). The maximum Gasteiger partial charge on any atom is 0.240 e. The van der Waals surface area contributed by atoms with Gasteiger partial charge in [0, 0.05) is 18.7 Å². The Bertz CT molecular complexity index is 815. The summed E-state index contributed by atoms with van der Waals surface area (Å²) < 4.78 is 26.2. The highest BCUT2D eigenvalue weighted by molar-refractivity contribution is 7.89. The van der Waals surface area contributed by atoms with E-state index < -0.39 is 10.0 Å². The van der Waals surface area contributed by atoms with Gasteiger partial charge in [-0.1, -0.05) is 44.2 Å². The van der Waals surface area contributed by atoms with Crippen LogP contribution >= 0.6 is 0 Å². The highest BCUT2D eigenvalue weighted by Gasteiger charge is 2.12. The molecule has 0 unspecified atom stereocenters. The molecule has 134 valence electrons. The zero-order valence-electron chi connectivity index (χ0n) is 14.6. The van der Waals surface area contributed by atoms with Gasteiger partial charge in [0.05, 0.1) is 4.90 Å². The molecule has 0 aliphatic rings. The first kappa shape index (κ1) is 19.1. The van der Waals surface area contributed by atoms with E-state index >= 15 is 0 Å². The second kappa shape index (κ2) is 8.78. The van der Waals surface area contributed by atoms with E-state index in [2.05, 4.69) is 10.0 Å². The Morgan fingerprint density at radius 1 is 1.00 bits per heavy atom. The van der Waals surface area contributed by atoms with Crippen molar-refractivity contribution in [2.75, 3.05) is 11.9 Å². The second-order valence-corrected chi connectivity index (χ2v) is 7.47. The largest absolute Gasteiger partial charge is 0.326 e. The van der Waals surface area contributed by atoms with Crippen molar-refractivity contribution in [2.24, 2.45) is 0 Å². The van der Waals surface area contributed by atoms with Gasteiger partial charge < -0.3 is 5.32 Å². The van der Waals surface area contributed by atoms with Crippen LogP contribution < -0.4 is 10.0 Å². The molecule has 0 radical (unpaired) electrons. The van der Waals surface area contributed by atoms with Gasteiger partial charge in [-0.25, -0.2) is 13.1 Å². The van der Waals surface area contributed by atoms with Crippen molar-refractivity contribution in [3.05, 3.63) is 59.7 Å². The van der Waals surface area contributed by atoms with Crippen LogP contribution in [-0.4, -0.2) is 20.9 Å². The maximum atomic E-state index is 12.1. The number of anilines is 1. The topological polar surface area (TPSA) is 75.3 Å². The van der Waals surface area contributed by atoms with Crippen LogP contribution in [0.25, 0.3) is 0 Å². The molecule has 2 aromatic carbocycles. The van der Waals surface area contributed by atoms with E-state index in [9.17, 15) is 13.2 Å². The van der Waals surface area contributed by atoms with Gasteiger partial charge in [-0.3, -0.25) is 4.79 Å². The number of hydrogen-bond acceptors (Lipinski definition) is 3. The number of aryl methyl sites for hydroxylation is 2. The van der Waals surface area contributed by atoms with Crippen LogP contribution in [0, 0.1) is 0 Å². The third-order valence-electron chi connectivity index (χ3n) is 3.88. The van der Waals surface area contributed by atoms with Crippen LogP contribution in [0.5, 0.6) is 0 Å². The fourth-order valence-electron chi connectivity index (χ4n) is 2.53. The smallest absolute Gasteiger partial charge is 0.240 e. The van der Waals surface area contributed by atoms with E-state index in [0.29, 0.717) is 19.4 Å². The molecule has 0 atom stereocenters. The SMILES string of the molecule is CCNS(=O)(=O)c1ccc(CCC(=O)Nc2ccccc2CC)cc1. The molecule has 0 saturated heterocycles. The Labute approximate surface area is 149 Å². The van der Waals surface area contributed by atoms with Gasteiger partial charge in [-0.15, -0.1) is 0 Å². The van der Waals surface area contributed by atoms with E-state index in [1.807, 2.05) is 31.2 Å². The minimum absolute atomic E-state index is 0.0507. The maximum absolute atomic E-state index is 12.1. The molecular weight excluding hydrogens is 336 g/mol. The molecule has 2 aromatic rings. The van der Waals surface area contributed by atoms with Crippen molar-refractivity contribution in [2.45, 2.75) is 38.0 Å². The Balaban J connectivity index is 1.94. The summed E-state index contributed by atoms with van der Waals surface area (Å²) in [5, 5.41) is 2.94. The van der Waals surface area contributed by atoms with Crippen LogP contribution in [-0.2, 0) is 27.7 Å². The minimum atomic E-state index is -3.44. The van der Waals surface area contributed by atoms with E-state index in [0.717, 1.165) is 23.2 Å². The molecule has 0 saturated carbocycles. The number of benzene rings is 2. The summed E-state index contributed by atoms with van der Waals surface area (Å²) in [6.07, 6.45) is 1.76. The lowest BCUT2D eigenvalue weighted by Crippen LogP contribution is -2.23. The lowest BCUT2D eigenvalue weighted by atomic mass is 10.1. The first-order valence-corrected chi connectivity index (χ1v) is 9.91. The third kappa shape index (κ3) is 5.41. The molecule has 0 aliphatic carbocycles. The standard InChI is InChI=1S/C19H24N2O3S/c1-3-16-7-5-6-8-18(16)21-19(22)14-11-15-9-12-17(13-10-15)25(23,24)20-4-2/h5-10,12-13,20H,3-4,11,14H2,1-2H3,(H,21,22). The van der Waals surface area contributed by atoms with Crippen molar-refractivity contribution >= 4 is 21.6 Å². The highest BCUT2D eigenvalue weighted by Crippen LogP contribution is 2.16. The van der Waals surface area contributed by atoms with Gasteiger partial charge in [0.25, 0.3) is 0 Å². The molecule has 0 aromatic heterocycles. The number of amides is 1. The summed E-state index contributed by atoms with van der Waals surface area (Å²) in [6, 6.07) is 14.4. The molecule has 0 fully saturated rings. The summed E-state index contributed by atoms with van der Waals surface area (Å²) >= 11 is 0. The van der Waals surface area contributed by atoms with Crippen molar-refractivity contribution in [3.8, 4) is 0 Å².